The fourth-order valence-electron chi connectivity index (χ4n) is 3.57. The van der Waals surface area contributed by atoms with Crippen molar-refractivity contribution in [3.8, 4) is 0 Å². The molecule has 0 radical (unpaired) electrons. The number of nitrogens with one attached hydrogen (secondary N) is 1. The van der Waals surface area contributed by atoms with E-state index in [9.17, 15) is 5.11 Å². The van der Waals surface area contributed by atoms with E-state index in [-0.39, 0.29) is 6.10 Å². The highest BCUT2D eigenvalue weighted by Crippen LogP contribution is 2.34. The largest absolute Gasteiger partial charge is 0.393 e. The molecule has 112 valence electrons. The Hall–Kier alpha value is -0.120. The molecular formula is C16H32N2O. The van der Waals surface area contributed by atoms with E-state index >= 15 is 0 Å². The van der Waals surface area contributed by atoms with Gasteiger partial charge in [0.1, 0.15) is 0 Å². The number of piperidine rings is 1. The van der Waals surface area contributed by atoms with Crippen molar-refractivity contribution in [2.24, 2.45) is 11.8 Å². The minimum absolute atomic E-state index is 0.178. The molecule has 1 aliphatic heterocycles. The first-order valence-electron chi connectivity index (χ1n) is 8.27. The molecule has 3 heteroatoms. The van der Waals surface area contributed by atoms with Crippen molar-refractivity contribution in [2.45, 2.75) is 71.1 Å². The summed E-state index contributed by atoms with van der Waals surface area (Å²) in [6, 6.07) is 1.26. The molecule has 19 heavy (non-hydrogen) atoms. The molecule has 1 saturated heterocycles. The van der Waals surface area contributed by atoms with Gasteiger partial charge < -0.3 is 10.4 Å². The normalized spacial score (nSPS) is 32.8. The Morgan fingerprint density at radius 2 is 1.95 bits per heavy atom. The monoisotopic (exact) mass is 268 g/mol. The van der Waals surface area contributed by atoms with Gasteiger partial charge in [-0.05, 0) is 57.9 Å². The highest BCUT2D eigenvalue weighted by Gasteiger charge is 2.35. The third-order valence-corrected chi connectivity index (χ3v) is 5.28. The fraction of sp³-hybridized carbons (Fsp3) is 1.00. The van der Waals surface area contributed by atoms with Crippen LogP contribution in [-0.4, -0.2) is 47.8 Å². The zero-order valence-electron chi connectivity index (χ0n) is 12.9. The minimum Gasteiger partial charge on any atom is -0.393 e. The van der Waals surface area contributed by atoms with Gasteiger partial charge in [0.25, 0.3) is 0 Å². The Morgan fingerprint density at radius 1 is 1.21 bits per heavy atom. The van der Waals surface area contributed by atoms with Gasteiger partial charge in [-0.2, -0.15) is 0 Å². The molecule has 1 aliphatic carbocycles. The van der Waals surface area contributed by atoms with Gasteiger partial charge in [-0.3, -0.25) is 4.90 Å². The number of rotatable bonds is 6. The van der Waals surface area contributed by atoms with Crippen LogP contribution in [0.15, 0.2) is 0 Å². The Labute approximate surface area is 118 Å². The van der Waals surface area contributed by atoms with Crippen molar-refractivity contribution in [1.29, 1.82) is 0 Å². The number of nitrogens with zero attached hydrogens (tertiary/aromatic N) is 1. The average molecular weight is 268 g/mol. The number of likely N-dealkylation sites (tertiary alicyclic amines) is 1. The summed E-state index contributed by atoms with van der Waals surface area (Å²) in [7, 11) is 0. The summed E-state index contributed by atoms with van der Waals surface area (Å²) >= 11 is 0. The second-order valence-corrected chi connectivity index (χ2v) is 6.77. The lowest BCUT2D eigenvalue weighted by molar-refractivity contribution is 0.00870. The Balaban J connectivity index is 1.92. The van der Waals surface area contributed by atoms with Gasteiger partial charge in [0.2, 0.25) is 0 Å². The zero-order chi connectivity index (χ0) is 13.8. The summed E-state index contributed by atoms with van der Waals surface area (Å²) < 4.78 is 0. The molecule has 0 aromatic carbocycles. The highest BCUT2D eigenvalue weighted by molar-refractivity contribution is 4.91. The lowest BCUT2D eigenvalue weighted by Crippen LogP contribution is -2.55. The summed E-state index contributed by atoms with van der Waals surface area (Å²) in [5.74, 6) is 1.34. The van der Waals surface area contributed by atoms with Crippen LogP contribution < -0.4 is 5.32 Å². The van der Waals surface area contributed by atoms with Gasteiger partial charge in [-0.25, -0.2) is 0 Å². The van der Waals surface area contributed by atoms with E-state index in [4.69, 9.17) is 0 Å². The molecule has 2 rings (SSSR count). The predicted molar refractivity (Wildman–Crippen MR) is 80.2 cm³/mol. The van der Waals surface area contributed by atoms with Gasteiger partial charge in [0.15, 0.2) is 0 Å². The first-order chi connectivity index (χ1) is 9.11. The van der Waals surface area contributed by atoms with Crippen molar-refractivity contribution in [1.82, 2.24) is 10.2 Å². The molecule has 3 nitrogen and oxygen atoms in total. The highest BCUT2D eigenvalue weighted by atomic mass is 16.3. The summed E-state index contributed by atoms with van der Waals surface area (Å²) in [5, 5.41) is 13.6. The molecule has 2 aliphatic rings. The average Bonchev–Trinajstić information content (AvgIpc) is 2.33. The molecule has 0 bridgehead atoms. The molecule has 4 unspecified atom stereocenters. The minimum atomic E-state index is -0.178. The maximum atomic E-state index is 9.98. The number of aliphatic hydroxyl groups is 1. The molecule has 2 fully saturated rings. The van der Waals surface area contributed by atoms with Crippen LogP contribution in [0, 0.1) is 11.8 Å². The van der Waals surface area contributed by atoms with E-state index in [0.29, 0.717) is 18.0 Å². The maximum Gasteiger partial charge on any atom is 0.0553 e. The summed E-state index contributed by atoms with van der Waals surface area (Å²) in [4.78, 5) is 2.64. The smallest absolute Gasteiger partial charge is 0.0553 e. The summed E-state index contributed by atoms with van der Waals surface area (Å²) in [6.07, 6.45) is 6.37. The van der Waals surface area contributed by atoms with Gasteiger partial charge >= 0.3 is 0 Å². The van der Waals surface area contributed by atoms with Gasteiger partial charge in [0, 0.05) is 25.2 Å². The second-order valence-electron chi connectivity index (χ2n) is 6.77. The van der Waals surface area contributed by atoms with Crippen LogP contribution in [0.3, 0.4) is 0 Å². The quantitative estimate of drug-likeness (QED) is 0.775. The van der Waals surface area contributed by atoms with Crippen LogP contribution in [0.4, 0.5) is 0 Å². The summed E-state index contributed by atoms with van der Waals surface area (Å²) in [6.45, 7) is 9.92. The topological polar surface area (TPSA) is 35.5 Å². The number of aliphatic hydroxyl groups excluding tert-OH is 1. The van der Waals surface area contributed by atoms with Crippen LogP contribution in [0.5, 0.6) is 0 Å². The van der Waals surface area contributed by atoms with E-state index in [1.54, 1.807) is 0 Å². The first kappa shape index (κ1) is 15.3. The van der Waals surface area contributed by atoms with E-state index in [1.807, 2.05) is 6.92 Å². The van der Waals surface area contributed by atoms with E-state index < -0.39 is 0 Å². The first-order valence-corrected chi connectivity index (χ1v) is 8.27. The zero-order valence-corrected chi connectivity index (χ0v) is 12.9. The molecule has 0 aromatic heterocycles. The maximum absolute atomic E-state index is 9.98. The van der Waals surface area contributed by atoms with Crippen LogP contribution >= 0.6 is 0 Å². The van der Waals surface area contributed by atoms with E-state index in [1.165, 1.54) is 32.2 Å². The molecule has 0 aromatic rings. The Kier molecular flexibility index (Phi) is 5.67. The van der Waals surface area contributed by atoms with Crippen molar-refractivity contribution in [2.75, 3.05) is 19.6 Å². The molecule has 0 spiro atoms. The molecule has 1 heterocycles. The Morgan fingerprint density at radius 3 is 2.47 bits per heavy atom. The van der Waals surface area contributed by atoms with Gasteiger partial charge in [-0.1, -0.05) is 13.3 Å². The lowest BCUT2D eigenvalue weighted by Gasteiger charge is -2.46. The third-order valence-electron chi connectivity index (χ3n) is 5.28. The third kappa shape index (κ3) is 3.93. The van der Waals surface area contributed by atoms with Crippen LogP contribution in [0.2, 0.25) is 0 Å². The van der Waals surface area contributed by atoms with Crippen LogP contribution in [0.25, 0.3) is 0 Å². The second kappa shape index (κ2) is 7.05. The van der Waals surface area contributed by atoms with Crippen molar-refractivity contribution >= 4 is 0 Å². The van der Waals surface area contributed by atoms with E-state index in [2.05, 4.69) is 24.1 Å². The van der Waals surface area contributed by atoms with Crippen molar-refractivity contribution < 1.29 is 5.11 Å². The van der Waals surface area contributed by atoms with Crippen LogP contribution in [0.1, 0.15) is 52.9 Å². The molecule has 2 N–H and O–H groups in total. The molecule has 4 atom stereocenters. The molecular weight excluding hydrogens is 236 g/mol. The Bertz CT molecular complexity index is 265. The van der Waals surface area contributed by atoms with Crippen molar-refractivity contribution in [3.05, 3.63) is 0 Å². The van der Waals surface area contributed by atoms with Crippen LogP contribution in [-0.2, 0) is 0 Å². The predicted octanol–water partition coefficient (Wildman–Crippen LogP) is 2.25. The molecule has 1 saturated carbocycles. The van der Waals surface area contributed by atoms with Crippen molar-refractivity contribution in [3.63, 3.8) is 0 Å². The fourth-order valence-corrected chi connectivity index (χ4v) is 3.57. The SMILES string of the molecule is CCCNC1CC(C(C)O)CN(C(C)C2CCC2)C1. The van der Waals surface area contributed by atoms with E-state index in [0.717, 1.165) is 25.4 Å². The lowest BCUT2D eigenvalue weighted by atomic mass is 9.78. The van der Waals surface area contributed by atoms with Gasteiger partial charge in [0.05, 0.1) is 6.10 Å². The standard InChI is InChI=1S/C16H32N2O/c1-4-8-17-16-9-15(13(3)19)10-18(11-16)12(2)14-6-5-7-14/h12-17,19H,4-11H2,1-3H3. The van der Waals surface area contributed by atoms with Gasteiger partial charge in [-0.15, -0.1) is 0 Å². The number of hydrogen-bond acceptors (Lipinski definition) is 3. The molecule has 0 amide bonds. The summed E-state index contributed by atoms with van der Waals surface area (Å²) in [5.41, 5.74) is 0. The number of hydrogen-bond donors (Lipinski definition) is 2.